The van der Waals surface area contributed by atoms with E-state index in [1.54, 1.807) is 45.0 Å². The van der Waals surface area contributed by atoms with Gasteiger partial charge in [-0.3, -0.25) is 5.32 Å². The van der Waals surface area contributed by atoms with Gasteiger partial charge in [0.05, 0.1) is 12.3 Å². The number of nitrogens with zero attached hydrogens (tertiary/aromatic N) is 3. The van der Waals surface area contributed by atoms with E-state index in [0.717, 1.165) is 26.8 Å². The molecular weight excluding hydrogens is 472 g/mol. The van der Waals surface area contributed by atoms with Crippen LogP contribution >= 0.6 is 0 Å². The van der Waals surface area contributed by atoms with Gasteiger partial charge in [0, 0.05) is 5.69 Å². The van der Waals surface area contributed by atoms with Crippen molar-refractivity contribution in [1.82, 2.24) is 13.9 Å². The zero-order chi connectivity index (χ0) is 26.1. The van der Waals surface area contributed by atoms with Crippen molar-refractivity contribution in [3.63, 3.8) is 0 Å². The minimum atomic E-state index is -1.23. The molecule has 3 heterocycles. The van der Waals surface area contributed by atoms with Gasteiger partial charge in [-0.2, -0.15) is 0 Å². The third kappa shape index (κ3) is 3.17. The second-order valence-corrected chi connectivity index (χ2v) is 10.3. The highest BCUT2D eigenvalue weighted by atomic mass is 16.6. The van der Waals surface area contributed by atoms with Crippen molar-refractivity contribution in [2.24, 2.45) is 0 Å². The third-order valence-electron chi connectivity index (χ3n) is 6.98. The van der Waals surface area contributed by atoms with Gasteiger partial charge in [0.2, 0.25) is 0 Å². The van der Waals surface area contributed by atoms with E-state index in [1.807, 2.05) is 48.5 Å². The van der Waals surface area contributed by atoms with Crippen molar-refractivity contribution < 1.29 is 14.6 Å². The lowest BCUT2D eigenvalue weighted by molar-refractivity contribution is 0.0636. The van der Waals surface area contributed by atoms with Crippen molar-refractivity contribution >= 4 is 11.8 Å². The Bertz CT molecular complexity index is 1620. The molecule has 37 heavy (non-hydrogen) atoms. The lowest BCUT2D eigenvalue weighted by Crippen LogP contribution is -2.57. The highest BCUT2D eigenvalue weighted by Crippen LogP contribution is 2.51. The summed E-state index contributed by atoms with van der Waals surface area (Å²) < 4.78 is 9.24. The molecule has 0 fully saturated rings. The van der Waals surface area contributed by atoms with Crippen LogP contribution < -0.4 is 16.7 Å². The number of amides is 1. The Morgan fingerprint density at radius 1 is 0.919 bits per heavy atom. The normalized spacial score (nSPS) is 19.1. The van der Waals surface area contributed by atoms with E-state index in [9.17, 15) is 19.5 Å². The Morgan fingerprint density at radius 3 is 2.03 bits per heavy atom. The van der Waals surface area contributed by atoms with Crippen LogP contribution in [-0.4, -0.2) is 37.3 Å². The number of anilines is 1. The summed E-state index contributed by atoms with van der Waals surface area (Å²) in [6.45, 7) is 4.92. The predicted octanol–water partition coefficient (Wildman–Crippen LogP) is 3.20. The summed E-state index contributed by atoms with van der Waals surface area (Å²) >= 11 is 0. The lowest BCUT2D eigenvalue weighted by atomic mass is 9.69. The third-order valence-corrected chi connectivity index (χ3v) is 6.98. The molecule has 0 saturated heterocycles. The van der Waals surface area contributed by atoms with Crippen LogP contribution in [0, 0.1) is 0 Å². The summed E-state index contributed by atoms with van der Waals surface area (Å²) in [7, 11) is 0. The molecule has 1 aromatic heterocycles. The Hall–Kier alpha value is -4.37. The van der Waals surface area contributed by atoms with E-state index in [1.165, 1.54) is 9.36 Å². The summed E-state index contributed by atoms with van der Waals surface area (Å²) in [4.78, 5) is 39.9. The number of rotatable bonds is 3. The molecule has 0 atom stereocenters. The molecule has 1 amide bonds. The van der Waals surface area contributed by atoms with Crippen LogP contribution in [0.5, 0.6) is 0 Å². The van der Waals surface area contributed by atoms with Crippen LogP contribution in [0.4, 0.5) is 10.5 Å². The molecular formula is C28H26N4O5. The minimum absolute atomic E-state index is 0.347. The van der Waals surface area contributed by atoms with Gasteiger partial charge in [0.15, 0.2) is 0 Å². The number of aliphatic hydroxyl groups excluding tert-OH is 1. The first kappa shape index (κ1) is 23.1. The first-order valence-corrected chi connectivity index (χ1v) is 12.0. The van der Waals surface area contributed by atoms with Gasteiger partial charge in [-0.25, -0.2) is 28.3 Å². The first-order chi connectivity index (χ1) is 17.7. The maximum absolute atomic E-state index is 13.9. The SMILES string of the molecule is CC(C)(C)OC(=O)Nc1ccc(-n2c(=O)n3n(c2=O)C2(CO)c4ccccc4C3c3ccccc32)cc1. The maximum atomic E-state index is 13.9. The summed E-state index contributed by atoms with van der Waals surface area (Å²) in [5.74, 6) is 0. The fraction of sp³-hybridized carbons (Fsp3) is 0.250. The van der Waals surface area contributed by atoms with E-state index in [-0.39, 0.29) is 0 Å². The molecule has 2 aliphatic heterocycles. The van der Waals surface area contributed by atoms with Crippen LogP contribution in [-0.2, 0) is 10.3 Å². The number of ether oxygens (including phenoxy) is 1. The Morgan fingerprint density at radius 2 is 1.49 bits per heavy atom. The Kier molecular flexibility index (Phi) is 4.87. The fourth-order valence-electron chi connectivity index (χ4n) is 5.63. The predicted molar refractivity (Wildman–Crippen MR) is 138 cm³/mol. The summed E-state index contributed by atoms with van der Waals surface area (Å²) in [6, 6.07) is 21.1. The van der Waals surface area contributed by atoms with Crippen LogP contribution in [0.2, 0.25) is 0 Å². The first-order valence-electron chi connectivity index (χ1n) is 12.0. The second-order valence-electron chi connectivity index (χ2n) is 10.3. The van der Waals surface area contributed by atoms with E-state index < -0.39 is 41.3 Å². The molecule has 0 saturated carbocycles. The molecule has 0 unspecified atom stereocenters. The zero-order valence-electron chi connectivity index (χ0n) is 20.6. The number of aliphatic hydroxyl groups is 1. The zero-order valence-corrected chi connectivity index (χ0v) is 20.6. The number of benzene rings is 3. The van der Waals surface area contributed by atoms with Gasteiger partial charge >= 0.3 is 17.5 Å². The maximum Gasteiger partial charge on any atom is 0.412 e. The van der Waals surface area contributed by atoms with Crippen molar-refractivity contribution in [1.29, 1.82) is 0 Å². The van der Waals surface area contributed by atoms with Gasteiger partial charge < -0.3 is 9.84 Å². The molecule has 9 nitrogen and oxygen atoms in total. The lowest BCUT2D eigenvalue weighted by Gasteiger charge is -2.49. The largest absolute Gasteiger partial charge is 0.444 e. The second kappa shape index (κ2) is 7.81. The monoisotopic (exact) mass is 498 g/mol. The molecule has 188 valence electrons. The van der Waals surface area contributed by atoms with Crippen LogP contribution in [0.25, 0.3) is 5.69 Å². The highest BCUT2D eigenvalue weighted by molar-refractivity contribution is 5.85. The molecule has 0 radical (unpaired) electrons. The summed E-state index contributed by atoms with van der Waals surface area (Å²) in [5, 5.41) is 13.5. The minimum Gasteiger partial charge on any atom is -0.444 e. The summed E-state index contributed by atoms with van der Waals surface area (Å²) in [6.07, 6.45) is -0.603. The van der Waals surface area contributed by atoms with Crippen molar-refractivity contribution in [3.8, 4) is 5.69 Å². The molecule has 7 rings (SSSR count). The van der Waals surface area contributed by atoms with E-state index in [2.05, 4.69) is 5.32 Å². The van der Waals surface area contributed by atoms with Crippen LogP contribution in [0.1, 0.15) is 49.1 Å². The summed E-state index contributed by atoms with van der Waals surface area (Å²) in [5.41, 5.74) is 1.23. The van der Waals surface area contributed by atoms with Gasteiger partial charge in [0.25, 0.3) is 0 Å². The Balaban J connectivity index is 1.50. The molecule has 4 aromatic rings. The average molecular weight is 499 g/mol. The van der Waals surface area contributed by atoms with Gasteiger partial charge in [0.1, 0.15) is 17.2 Å². The van der Waals surface area contributed by atoms with Crippen molar-refractivity contribution in [2.75, 3.05) is 11.9 Å². The number of carbonyl (C=O) groups is 1. The molecule has 0 spiro atoms. The molecule has 2 N–H and O–H groups in total. The molecule has 2 bridgehead atoms. The number of hydrogen-bond acceptors (Lipinski definition) is 5. The fourth-order valence-corrected chi connectivity index (χ4v) is 5.63. The molecule has 3 aromatic carbocycles. The topological polar surface area (TPSA) is 107 Å². The van der Waals surface area contributed by atoms with Gasteiger partial charge in [-0.15, -0.1) is 0 Å². The van der Waals surface area contributed by atoms with Crippen LogP contribution in [0.15, 0.2) is 82.4 Å². The van der Waals surface area contributed by atoms with E-state index >= 15 is 0 Å². The van der Waals surface area contributed by atoms with Gasteiger partial charge in [-0.1, -0.05) is 48.5 Å². The molecule has 9 heteroatoms. The highest BCUT2D eigenvalue weighted by Gasteiger charge is 2.54. The standard InChI is InChI=1S/C28H26N4O5/c1-27(2,3)37-24(34)29-17-12-14-18(15-13-17)30-25(35)31-23-19-8-4-6-10-21(19)28(16-33,32(31)26(30)36)22-11-7-5-9-20(22)23/h4-15,23,33H,16H2,1-3H3,(H,29,34). The number of nitrogens with one attached hydrogen (secondary N) is 1. The van der Waals surface area contributed by atoms with Crippen LogP contribution in [0.3, 0.4) is 0 Å². The molecule has 3 aliphatic rings. The van der Waals surface area contributed by atoms with Crippen molar-refractivity contribution in [3.05, 3.63) is 116 Å². The Labute approximate surface area is 212 Å². The number of aromatic nitrogens is 3. The van der Waals surface area contributed by atoms with Gasteiger partial charge in [-0.05, 0) is 67.3 Å². The smallest absolute Gasteiger partial charge is 0.412 e. The average Bonchev–Trinajstić information content (AvgIpc) is 3.14. The molecule has 1 aliphatic carbocycles. The number of hydrogen-bond donors (Lipinski definition) is 2. The number of carbonyl (C=O) groups excluding carboxylic acids is 1. The van der Waals surface area contributed by atoms with E-state index in [4.69, 9.17) is 4.74 Å². The van der Waals surface area contributed by atoms with E-state index in [0.29, 0.717) is 11.4 Å². The van der Waals surface area contributed by atoms with Crippen molar-refractivity contribution in [2.45, 2.75) is 38.0 Å². The quantitative estimate of drug-likeness (QED) is 0.451.